The fourth-order valence-corrected chi connectivity index (χ4v) is 4.96. The second kappa shape index (κ2) is 8.52. The largest absolute Gasteiger partial charge is 0.297 e. The molecule has 5 nitrogen and oxygen atoms in total. The second-order valence-electron chi connectivity index (χ2n) is 7.32. The van der Waals surface area contributed by atoms with Gasteiger partial charge in [-0.3, -0.25) is 4.84 Å². The van der Waals surface area contributed by atoms with Gasteiger partial charge in [0.15, 0.2) is 0 Å². The fraction of sp³-hybridized carbons (Fsp3) is 0.429. The first-order valence-corrected chi connectivity index (χ1v) is 10.9. The van der Waals surface area contributed by atoms with Crippen molar-refractivity contribution in [3.63, 3.8) is 0 Å². The fourth-order valence-electron chi connectivity index (χ4n) is 3.45. The number of benzene rings is 2. The molecule has 27 heavy (non-hydrogen) atoms. The van der Waals surface area contributed by atoms with Crippen LogP contribution >= 0.6 is 0 Å². The van der Waals surface area contributed by atoms with Crippen molar-refractivity contribution >= 4 is 10.0 Å². The number of rotatable bonds is 7. The molecule has 2 aromatic carbocycles. The van der Waals surface area contributed by atoms with Gasteiger partial charge < -0.3 is 0 Å². The zero-order chi connectivity index (χ0) is 19.4. The normalized spacial score (nSPS) is 21.0. The van der Waals surface area contributed by atoms with E-state index in [0.717, 1.165) is 11.1 Å². The number of hydrogen-bond acceptors (Lipinski definition) is 4. The van der Waals surface area contributed by atoms with Crippen LogP contribution in [0.5, 0.6) is 0 Å². The van der Waals surface area contributed by atoms with Crippen molar-refractivity contribution in [2.75, 3.05) is 20.2 Å². The molecule has 0 saturated carbocycles. The average molecular weight is 389 g/mol. The van der Waals surface area contributed by atoms with Gasteiger partial charge in [-0.2, -0.15) is 5.06 Å². The highest BCUT2D eigenvalue weighted by atomic mass is 32.2. The van der Waals surface area contributed by atoms with E-state index in [2.05, 4.69) is 30.7 Å². The molecule has 0 unspecified atom stereocenters. The molecule has 146 valence electrons. The Kier molecular flexibility index (Phi) is 6.32. The van der Waals surface area contributed by atoms with E-state index >= 15 is 0 Å². The molecule has 0 aliphatic carbocycles. The zero-order valence-corrected chi connectivity index (χ0v) is 16.9. The van der Waals surface area contributed by atoms with Crippen molar-refractivity contribution in [1.82, 2.24) is 9.79 Å². The number of nitrogens with one attached hydrogen (secondary N) is 1. The highest BCUT2D eigenvalue weighted by molar-refractivity contribution is 7.90. The lowest BCUT2D eigenvalue weighted by Crippen LogP contribution is -2.40. The summed E-state index contributed by atoms with van der Waals surface area (Å²) in [6, 6.07) is 17.7. The zero-order valence-electron chi connectivity index (χ0n) is 16.1. The minimum Gasteiger partial charge on any atom is -0.297 e. The third-order valence-corrected chi connectivity index (χ3v) is 6.89. The minimum atomic E-state index is -3.50. The Morgan fingerprint density at radius 1 is 1.11 bits per heavy atom. The summed E-state index contributed by atoms with van der Waals surface area (Å²) < 4.78 is 28.6. The van der Waals surface area contributed by atoms with Crippen LogP contribution < -0.4 is 4.72 Å². The molecule has 1 aliphatic rings. The van der Waals surface area contributed by atoms with Gasteiger partial charge in [0, 0.05) is 13.6 Å². The molecule has 1 N–H and O–H groups in total. The van der Waals surface area contributed by atoms with Crippen LogP contribution in [-0.4, -0.2) is 38.9 Å². The Morgan fingerprint density at radius 3 is 2.41 bits per heavy atom. The predicted molar refractivity (Wildman–Crippen MR) is 108 cm³/mol. The van der Waals surface area contributed by atoms with Gasteiger partial charge in [0.25, 0.3) is 0 Å². The average Bonchev–Trinajstić information content (AvgIpc) is 3.05. The number of hydroxylamine groups is 2. The molecular weight excluding hydrogens is 360 g/mol. The van der Waals surface area contributed by atoms with Crippen molar-refractivity contribution in [1.29, 1.82) is 0 Å². The molecule has 0 spiro atoms. The molecule has 2 atom stereocenters. The third-order valence-electron chi connectivity index (χ3n) is 5.09. The van der Waals surface area contributed by atoms with E-state index in [1.165, 1.54) is 5.56 Å². The minimum absolute atomic E-state index is 0.160. The van der Waals surface area contributed by atoms with E-state index in [-0.39, 0.29) is 12.6 Å². The maximum absolute atomic E-state index is 12.9. The molecule has 0 radical (unpaired) electrons. The highest BCUT2D eigenvalue weighted by Gasteiger charge is 2.42. The van der Waals surface area contributed by atoms with Gasteiger partial charge in [0.2, 0.25) is 10.0 Å². The summed E-state index contributed by atoms with van der Waals surface area (Å²) in [5, 5.41) is 1.02. The van der Waals surface area contributed by atoms with Crippen LogP contribution in [0.3, 0.4) is 0 Å². The summed E-state index contributed by atoms with van der Waals surface area (Å²) in [5.74, 6) is 0.441. The Bertz CT molecular complexity index is 835. The molecule has 1 aliphatic heterocycles. The predicted octanol–water partition coefficient (Wildman–Crippen LogP) is 3.26. The first-order chi connectivity index (χ1) is 12.9. The molecule has 1 saturated heterocycles. The van der Waals surface area contributed by atoms with E-state index < -0.39 is 15.3 Å². The highest BCUT2D eigenvalue weighted by Crippen LogP contribution is 2.33. The first kappa shape index (κ1) is 20.0. The maximum atomic E-state index is 12.9. The first-order valence-electron chi connectivity index (χ1n) is 9.36. The van der Waals surface area contributed by atoms with Crippen molar-refractivity contribution in [2.45, 2.75) is 37.5 Å². The molecule has 1 heterocycles. The Labute approximate surface area is 162 Å². The monoisotopic (exact) mass is 388 g/mol. The lowest BCUT2D eigenvalue weighted by atomic mass is 9.98. The van der Waals surface area contributed by atoms with Crippen LogP contribution in [0.15, 0.2) is 54.6 Å². The summed E-state index contributed by atoms with van der Waals surface area (Å²) in [4.78, 5) is 5.58. The van der Waals surface area contributed by atoms with Crippen molar-refractivity contribution in [3.8, 4) is 0 Å². The third kappa shape index (κ3) is 4.76. The van der Waals surface area contributed by atoms with Gasteiger partial charge in [0.1, 0.15) is 5.25 Å². The van der Waals surface area contributed by atoms with E-state index in [9.17, 15) is 8.42 Å². The molecule has 0 bridgehead atoms. The van der Waals surface area contributed by atoms with E-state index in [4.69, 9.17) is 4.84 Å². The molecule has 2 aromatic rings. The van der Waals surface area contributed by atoms with Crippen LogP contribution in [0.1, 0.15) is 42.5 Å². The SMILES string of the molecule is CC(C)c1ccc([C@@H]2[C@@H](S(=O)(=O)NCCc3ccccc3)CON2C)cc1. The van der Waals surface area contributed by atoms with Gasteiger partial charge in [-0.15, -0.1) is 0 Å². The van der Waals surface area contributed by atoms with Crippen molar-refractivity contribution in [3.05, 3.63) is 71.3 Å². The topological polar surface area (TPSA) is 58.6 Å². The standard InChI is InChI=1S/C21H28N2O3S/c1-16(2)18-9-11-19(12-10-18)21-20(15-26-23(21)3)27(24,25)22-14-13-17-7-5-4-6-8-17/h4-12,16,20-22H,13-15H2,1-3H3/t20-,21+/m0/s1. The van der Waals surface area contributed by atoms with E-state index in [0.29, 0.717) is 18.9 Å². The molecule has 3 rings (SSSR count). The van der Waals surface area contributed by atoms with Gasteiger partial charge in [-0.1, -0.05) is 68.4 Å². The van der Waals surface area contributed by atoms with Crippen LogP contribution in [0, 0.1) is 0 Å². The van der Waals surface area contributed by atoms with Gasteiger partial charge >= 0.3 is 0 Å². The lowest BCUT2D eigenvalue weighted by Gasteiger charge is -2.23. The van der Waals surface area contributed by atoms with Crippen molar-refractivity contribution in [2.24, 2.45) is 0 Å². The smallest absolute Gasteiger partial charge is 0.218 e. The molecular formula is C21H28N2O3S. The van der Waals surface area contributed by atoms with Crippen LogP contribution in [0.4, 0.5) is 0 Å². The molecule has 6 heteroatoms. The van der Waals surface area contributed by atoms with Gasteiger partial charge in [-0.25, -0.2) is 13.1 Å². The van der Waals surface area contributed by atoms with Crippen LogP contribution in [0.25, 0.3) is 0 Å². The van der Waals surface area contributed by atoms with Gasteiger partial charge in [0.05, 0.1) is 12.6 Å². The van der Waals surface area contributed by atoms with E-state index in [1.807, 2.05) is 42.5 Å². The number of hydrogen-bond donors (Lipinski definition) is 1. The molecule has 1 fully saturated rings. The van der Waals surface area contributed by atoms with Crippen LogP contribution in [0.2, 0.25) is 0 Å². The van der Waals surface area contributed by atoms with Crippen molar-refractivity contribution < 1.29 is 13.3 Å². The summed E-state index contributed by atoms with van der Waals surface area (Å²) in [5.41, 5.74) is 3.30. The summed E-state index contributed by atoms with van der Waals surface area (Å²) in [7, 11) is -1.71. The van der Waals surface area contributed by atoms with E-state index in [1.54, 1.807) is 12.1 Å². The number of sulfonamides is 1. The summed E-state index contributed by atoms with van der Waals surface area (Å²) >= 11 is 0. The lowest BCUT2D eigenvalue weighted by molar-refractivity contribution is -0.110. The summed E-state index contributed by atoms with van der Waals surface area (Å²) in [6.07, 6.45) is 0.664. The second-order valence-corrected chi connectivity index (χ2v) is 9.31. The molecule has 0 amide bonds. The van der Waals surface area contributed by atoms with Gasteiger partial charge in [-0.05, 0) is 29.0 Å². The quantitative estimate of drug-likeness (QED) is 0.791. The maximum Gasteiger partial charge on any atom is 0.218 e. The Hall–Kier alpha value is -1.73. The molecule has 0 aromatic heterocycles. The Balaban J connectivity index is 1.71. The Morgan fingerprint density at radius 2 is 1.78 bits per heavy atom. The number of nitrogens with zero attached hydrogens (tertiary/aromatic N) is 1. The summed E-state index contributed by atoms with van der Waals surface area (Å²) in [6.45, 7) is 4.83. The van der Waals surface area contributed by atoms with Crippen LogP contribution in [-0.2, 0) is 21.3 Å².